The lowest BCUT2D eigenvalue weighted by molar-refractivity contribution is -0.126. The molecule has 1 unspecified atom stereocenters. The molecule has 0 fully saturated rings. The van der Waals surface area contributed by atoms with Crippen LogP contribution in [0.3, 0.4) is 0 Å². The number of nitrogens with one attached hydrogen (secondary N) is 1. The number of hydrogen-bond acceptors (Lipinski definition) is 3. The van der Waals surface area contributed by atoms with E-state index >= 15 is 0 Å². The van der Waals surface area contributed by atoms with Crippen molar-refractivity contribution >= 4 is 0 Å². The van der Waals surface area contributed by atoms with Gasteiger partial charge in [-0.05, 0) is 24.6 Å². The smallest absolute Gasteiger partial charge is 0.319 e. The molecule has 0 spiro atoms. The molecule has 0 saturated heterocycles. The van der Waals surface area contributed by atoms with Gasteiger partial charge in [0, 0.05) is 6.04 Å². The van der Waals surface area contributed by atoms with Crippen LogP contribution in [0.4, 0.5) is 17.6 Å². The van der Waals surface area contributed by atoms with Crippen LogP contribution in [0.2, 0.25) is 0 Å². The SMILES string of the molecule is COc1ccc(C(C)NCC(F)(F)C(F)F)cc1OC. The van der Waals surface area contributed by atoms with Crippen LogP contribution in [0.25, 0.3) is 0 Å². The maximum absolute atomic E-state index is 12.8. The Hall–Kier alpha value is -1.50. The number of methoxy groups -OCH3 is 2. The molecule has 7 heteroatoms. The Morgan fingerprint density at radius 1 is 1.15 bits per heavy atom. The third kappa shape index (κ3) is 4.00. The van der Waals surface area contributed by atoms with E-state index in [1.807, 2.05) is 0 Å². The van der Waals surface area contributed by atoms with Crippen LogP contribution in [0.5, 0.6) is 11.5 Å². The summed E-state index contributed by atoms with van der Waals surface area (Å²) < 4.78 is 59.9. The molecule has 0 aliphatic carbocycles. The molecular formula is C13H17F4NO2. The van der Waals surface area contributed by atoms with Gasteiger partial charge in [-0.1, -0.05) is 6.07 Å². The topological polar surface area (TPSA) is 30.5 Å². The van der Waals surface area contributed by atoms with E-state index < -0.39 is 24.9 Å². The quantitative estimate of drug-likeness (QED) is 0.783. The van der Waals surface area contributed by atoms with Crippen molar-refractivity contribution in [3.05, 3.63) is 23.8 Å². The van der Waals surface area contributed by atoms with Gasteiger partial charge in [-0.3, -0.25) is 0 Å². The van der Waals surface area contributed by atoms with Crippen LogP contribution in [0.15, 0.2) is 18.2 Å². The molecule has 0 radical (unpaired) electrons. The Morgan fingerprint density at radius 3 is 2.25 bits per heavy atom. The Labute approximate surface area is 114 Å². The highest BCUT2D eigenvalue weighted by atomic mass is 19.3. The maximum Gasteiger partial charge on any atom is 0.319 e. The van der Waals surface area contributed by atoms with Gasteiger partial charge in [0.2, 0.25) is 0 Å². The molecule has 1 N–H and O–H groups in total. The predicted octanol–water partition coefficient (Wildman–Crippen LogP) is 3.25. The van der Waals surface area contributed by atoms with Crippen molar-refractivity contribution in [3.63, 3.8) is 0 Å². The van der Waals surface area contributed by atoms with Crippen LogP contribution in [-0.4, -0.2) is 33.1 Å². The number of hydrogen-bond donors (Lipinski definition) is 1. The fraction of sp³-hybridized carbons (Fsp3) is 0.538. The molecule has 1 atom stereocenters. The minimum Gasteiger partial charge on any atom is -0.493 e. The van der Waals surface area contributed by atoms with Gasteiger partial charge in [0.15, 0.2) is 11.5 Å². The van der Waals surface area contributed by atoms with Gasteiger partial charge in [0.1, 0.15) is 0 Å². The Balaban J connectivity index is 2.75. The summed E-state index contributed by atoms with van der Waals surface area (Å²) in [4.78, 5) is 0. The zero-order valence-electron chi connectivity index (χ0n) is 11.4. The Bertz CT molecular complexity index is 440. The highest BCUT2D eigenvalue weighted by Gasteiger charge is 2.40. The van der Waals surface area contributed by atoms with Crippen molar-refractivity contribution in [1.29, 1.82) is 0 Å². The van der Waals surface area contributed by atoms with Crippen molar-refractivity contribution in [1.82, 2.24) is 5.32 Å². The Kier molecular flexibility index (Phi) is 5.62. The van der Waals surface area contributed by atoms with E-state index in [0.717, 1.165) is 0 Å². The van der Waals surface area contributed by atoms with E-state index in [1.54, 1.807) is 25.1 Å². The van der Waals surface area contributed by atoms with Gasteiger partial charge in [0.05, 0.1) is 20.8 Å². The second kappa shape index (κ2) is 6.78. The van der Waals surface area contributed by atoms with Crippen LogP contribution < -0.4 is 14.8 Å². The lowest BCUT2D eigenvalue weighted by Crippen LogP contribution is -2.39. The molecule has 0 aromatic heterocycles. The zero-order chi connectivity index (χ0) is 15.3. The van der Waals surface area contributed by atoms with E-state index in [0.29, 0.717) is 17.1 Å². The normalized spacial score (nSPS) is 13.4. The summed E-state index contributed by atoms with van der Waals surface area (Å²) in [6.45, 7) is 0.503. The highest BCUT2D eigenvalue weighted by Crippen LogP contribution is 2.30. The van der Waals surface area contributed by atoms with E-state index in [9.17, 15) is 17.6 Å². The van der Waals surface area contributed by atoms with Crippen molar-refractivity contribution in [3.8, 4) is 11.5 Å². The number of ether oxygens (including phenoxy) is 2. The maximum atomic E-state index is 12.8. The first-order valence-corrected chi connectivity index (χ1v) is 5.93. The zero-order valence-corrected chi connectivity index (χ0v) is 11.4. The first-order chi connectivity index (χ1) is 9.31. The van der Waals surface area contributed by atoms with Gasteiger partial charge in [0.25, 0.3) is 0 Å². The van der Waals surface area contributed by atoms with Crippen LogP contribution in [0, 0.1) is 0 Å². The summed E-state index contributed by atoms with van der Waals surface area (Å²) >= 11 is 0. The van der Waals surface area contributed by atoms with Gasteiger partial charge in [-0.15, -0.1) is 0 Å². The van der Waals surface area contributed by atoms with Crippen LogP contribution in [-0.2, 0) is 0 Å². The molecule has 0 heterocycles. The number of halogens is 4. The predicted molar refractivity (Wildman–Crippen MR) is 66.9 cm³/mol. The molecule has 20 heavy (non-hydrogen) atoms. The summed E-state index contributed by atoms with van der Waals surface area (Å²) in [7, 11) is 2.92. The summed E-state index contributed by atoms with van der Waals surface area (Å²) in [6.07, 6.45) is -3.69. The van der Waals surface area contributed by atoms with Crippen molar-refractivity contribution in [2.75, 3.05) is 20.8 Å². The van der Waals surface area contributed by atoms with Gasteiger partial charge < -0.3 is 14.8 Å². The van der Waals surface area contributed by atoms with Gasteiger partial charge in [-0.25, -0.2) is 8.78 Å². The van der Waals surface area contributed by atoms with Crippen molar-refractivity contribution < 1.29 is 27.0 Å². The summed E-state index contributed by atoms with van der Waals surface area (Å²) in [5.41, 5.74) is 0.632. The van der Waals surface area contributed by atoms with Crippen LogP contribution >= 0.6 is 0 Å². The molecule has 0 saturated carbocycles. The lowest BCUT2D eigenvalue weighted by atomic mass is 10.1. The number of benzene rings is 1. The molecule has 0 bridgehead atoms. The van der Waals surface area contributed by atoms with Crippen LogP contribution in [0.1, 0.15) is 18.5 Å². The molecule has 1 rings (SSSR count). The second-order valence-corrected chi connectivity index (χ2v) is 4.28. The van der Waals surface area contributed by atoms with E-state index in [-0.39, 0.29) is 0 Å². The third-order valence-electron chi connectivity index (χ3n) is 2.87. The molecule has 1 aromatic rings. The molecular weight excluding hydrogens is 278 g/mol. The Morgan fingerprint density at radius 2 is 1.75 bits per heavy atom. The average molecular weight is 295 g/mol. The molecule has 3 nitrogen and oxygen atoms in total. The monoisotopic (exact) mass is 295 g/mol. The fourth-order valence-corrected chi connectivity index (χ4v) is 1.61. The van der Waals surface area contributed by atoms with Gasteiger partial charge >= 0.3 is 12.3 Å². The first-order valence-electron chi connectivity index (χ1n) is 5.93. The fourth-order valence-electron chi connectivity index (χ4n) is 1.61. The average Bonchev–Trinajstić information content (AvgIpc) is 2.43. The van der Waals surface area contributed by atoms with Crippen molar-refractivity contribution in [2.24, 2.45) is 0 Å². The minimum absolute atomic E-state index is 0.444. The summed E-state index contributed by atoms with van der Waals surface area (Å²) in [5, 5.41) is 2.38. The van der Waals surface area contributed by atoms with Gasteiger partial charge in [-0.2, -0.15) is 8.78 Å². The second-order valence-electron chi connectivity index (χ2n) is 4.28. The summed E-state index contributed by atoms with van der Waals surface area (Å²) in [6, 6.07) is 4.35. The molecule has 1 aromatic carbocycles. The highest BCUT2D eigenvalue weighted by molar-refractivity contribution is 5.43. The molecule has 0 aliphatic rings. The standard InChI is InChI=1S/C13H17F4NO2/c1-8(18-7-13(16,17)12(14)15)9-4-5-10(19-2)11(6-9)20-3/h4-6,8,12,18H,7H2,1-3H3. The molecule has 0 amide bonds. The summed E-state index contributed by atoms with van der Waals surface area (Å²) in [5.74, 6) is -3.11. The number of alkyl halides is 4. The lowest BCUT2D eigenvalue weighted by Gasteiger charge is -2.20. The minimum atomic E-state index is -4.05. The first kappa shape index (κ1) is 16.6. The largest absolute Gasteiger partial charge is 0.493 e. The van der Waals surface area contributed by atoms with E-state index in [1.165, 1.54) is 14.2 Å². The third-order valence-corrected chi connectivity index (χ3v) is 2.87. The molecule has 0 aliphatic heterocycles. The number of rotatable bonds is 7. The van der Waals surface area contributed by atoms with E-state index in [4.69, 9.17) is 9.47 Å². The molecule has 114 valence electrons. The van der Waals surface area contributed by atoms with E-state index in [2.05, 4.69) is 5.32 Å². The van der Waals surface area contributed by atoms with Crippen molar-refractivity contribution in [2.45, 2.75) is 25.3 Å².